The van der Waals surface area contributed by atoms with Crippen molar-refractivity contribution >= 4 is 11.6 Å². The van der Waals surface area contributed by atoms with E-state index in [4.69, 9.17) is 9.47 Å². The molecule has 2 rings (SSSR count). The number of hydrogen-bond acceptors (Lipinski definition) is 3. The van der Waals surface area contributed by atoms with E-state index in [1.807, 2.05) is 68.4 Å². The molecule has 1 aliphatic rings. The third-order valence-electron chi connectivity index (χ3n) is 5.18. The van der Waals surface area contributed by atoms with Gasteiger partial charge in [0.25, 0.3) is 0 Å². The highest BCUT2D eigenvalue weighted by molar-refractivity contribution is 6.05. The minimum absolute atomic E-state index is 0.142. The lowest BCUT2D eigenvalue weighted by Crippen LogP contribution is -2.48. The molecular formula is C23H42FNO3. The number of carbonyl (C=O) groups excluding carboxylic acids is 1. The van der Waals surface area contributed by atoms with Crippen LogP contribution in [0.5, 0.6) is 0 Å². The molecule has 0 atom stereocenters. The summed E-state index contributed by atoms with van der Waals surface area (Å²) in [6.45, 7) is 21.5. The maximum Gasteiger partial charge on any atom is 0.234 e. The first-order valence-corrected chi connectivity index (χ1v) is 10.0. The van der Waals surface area contributed by atoms with Gasteiger partial charge in [-0.1, -0.05) is 33.8 Å². The SMILES string of the molecule is CC.CC.COC(C)(C)C(C)(C)OC.Cc1cc(F)c2c(c1)C(C)(C)C(=O)N2. The molecule has 4 nitrogen and oxygen atoms in total. The van der Waals surface area contributed by atoms with Crippen molar-refractivity contribution in [3.8, 4) is 0 Å². The number of ether oxygens (including phenoxy) is 2. The van der Waals surface area contributed by atoms with Crippen LogP contribution in [0.2, 0.25) is 0 Å². The van der Waals surface area contributed by atoms with Crippen molar-refractivity contribution in [2.75, 3.05) is 19.5 Å². The number of carbonyl (C=O) groups is 1. The average molecular weight is 400 g/mol. The molecule has 164 valence electrons. The largest absolute Gasteiger partial charge is 0.376 e. The summed E-state index contributed by atoms with van der Waals surface area (Å²) in [6.07, 6.45) is 0. The summed E-state index contributed by atoms with van der Waals surface area (Å²) in [4.78, 5) is 11.5. The predicted molar refractivity (Wildman–Crippen MR) is 118 cm³/mol. The molecule has 5 heteroatoms. The summed E-state index contributed by atoms with van der Waals surface area (Å²) >= 11 is 0. The minimum atomic E-state index is -0.623. The van der Waals surface area contributed by atoms with E-state index in [1.54, 1.807) is 28.1 Å². The number of benzene rings is 1. The topological polar surface area (TPSA) is 47.6 Å². The quantitative estimate of drug-likeness (QED) is 0.653. The Kier molecular flexibility index (Phi) is 11.8. The number of aryl methyl sites for hydroxylation is 1. The van der Waals surface area contributed by atoms with Gasteiger partial charge < -0.3 is 14.8 Å². The molecule has 1 N–H and O–H groups in total. The summed E-state index contributed by atoms with van der Waals surface area (Å²) in [5, 5.41) is 2.57. The second-order valence-corrected chi connectivity index (χ2v) is 7.68. The monoisotopic (exact) mass is 399 g/mol. The molecule has 1 aromatic carbocycles. The van der Waals surface area contributed by atoms with Gasteiger partial charge in [-0.05, 0) is 65.7 Å². The Bertz CT molecular complexity index is 609. The first-order valence-electron chi connectivity index (χ1n) is 10.0. The zero-order valence-corrected chi connectivity index (χ0v) is 20.3. The van der Waals surface area contributed by atoms with E-state index in [-0.39, 0.29) is 22.9 Å². The molecule has 0 saturated carbocycles. The van der Waals surface area contributed by atoms with E-state index in [0.29, 0.717) is 5.69 Å². The molecule has 0 radical (unpaired) electrons. The predicted octanol–water partition coefficient (Wildman–Crippen LogP) is 6.25. The van der Waals surface area contributed by atoms with Gasteiger partial charge in [-0.15, -0.1) is 0 Å². The van der Waals surface area contributed by atoms with E-state index >= 15 is 0 Å². The second-order valence-electron chi connectivity index (χ2n) is 7.68. The Morgan fingerprint density at radius 2 is 1.32 bits per heavy atom. The number of nitrogens with one attached hydrogen (secondary N) is 1. The molecule has 28 heavy (non-hydrogen) atoms. The summed E-state index contributed by atoms with van der Waals surface area (Å²) in [5.74, 6) is -0.490. The fraction of sp³-hybridized carbons (Fsp3) is 0.696. The second kappa shape index (κ2) is 11.5. The maximum atomic E-state index is 13.5. The van der Waals surface area contributed by atoms with Gasteiger partial charge in [-0.2, -0.15) is 0 Å². The number of anilines is 1. The highest BCUT2D eigenvalue weighted by Gasteiger charge is 2.40. The number of rotatable bonds is 3. The zero-order chi connectivity index (χ0) is 22.9. The lowest BCUT2D eigenvalue weighted by Gasteiger charge is -2.38. The highest BCUT2D eigenvalue weighted by Crippen LogP contribution is 2.39. The first-order chi connectivity index (χ1) is 12.8. The van der Waals surface area contributed by atoms with Gasteiger partial charge in [0.2, 0.25) is 5.91 Å². The van der Waals surface area contributed by atoms with E-state index < -0.39 is 5.41 Å². The lowest BCUT2D eigenvalue weighted by atomic mass is 9.85. The fourth-order valence-corrected chi connectivity index (χ4v) is 2.25. The van der Waals surface area contributed by atoms with E-state index in [2.05, 4.69) is 5.32 Å². The van der Waals surface area contributed by atoms with Crippen molar-refractivity contribution in [3.05, 3.63) is 29.1 Å². The van der Waals surface area contributed by atoms with Crippen LogP contribution in [0, 0.1) is 12.7 Å². The first kappa shape index (κ1) is 28.7. The van der Waals surface area contributed by atoms with Crippen LogP contribution in [0.15, 0.2) is 12.1 Å². The molecule has 0 saturated heterocycles. The van der Waals surface area contributed by atoms with Crippen LogP contribution in [0.3, 0.4) is 0 Å². The van der Waals surface area contributed by atoms with Crippen LogP contribution in [0.4, 0.5) is 10.1 Å². The van der Waals surface area contributed by atoms with Crippen molar-refractivity contribution in [2.24, 2.45) is 0 Å². The molecule has 0 aliphatic carbocycles. The van der Waals surface area contributed by atoms with Crippen LogP contribution in [-0.4, -0.2) is 31.3 Å². The molecule has 0 fully saturated rings. The minimum Gasteiger partial charge on any atom is -0.376 e. The van der Waals surface area contributed by atoms with E-state index in [9.17, 15) is 9.18 Å². The normalized spacial score (nSPS) is 14.3. The summed E-state index contributed by atoms with van der Waals surface area (Å²) in [7, 11) is 3.39. The third kappa shape index (κ3) is 6.56. The van der Waals surface area contributed by atoms with Crippen LogP contribution in [0.1, 0.15) is 80.4 Å². The average Bonchev–Trinajstić information content (AvgIpc) is 2.89. The van der Waals surface area contributed by atoms with Crippen molar-refractivity contribution in [1.29, 1.82) is 0 Å². The molecule has 1 aliphatic heterocycles. The Labute approximate surface area is 172 Å². The molecule has 1 heterocycles. The van der Waals surface area contributed by atoms with Gasteiger partial charge in [0.15, 0.2) is 0 Å². The van der Waals surface area contributed by atoms with Crippen molar-refractivity contribution in [1.82, 2.24) is 0 Å². The Balaban J connectivity index is 0. The number of halogens is 1. The van der Waals surface area contributed by atoms with Gasteiger partial charge in [-0.3, -0.25) is 4.79 Å². The van der Waals surface area contributed by atoms with Crippen LogP contribution >= 0.6 is 0 Å². The molecule has 0 aromatic heterocycles. The number of amides is 1. The molecule has 0 spiro atoms. The van der Waals surface area contributed by atoms with Gasteiger partial charge in [0.1, 0.15) is 5.82 Å². The molecular weight excluding hydrogens is 357 g/mol. The third-order valence-corrected chi connectivity index (χ3v) is 5.18. The van der Waals surface area contributed by atoms with Crippen LogP contribution in [-0.2, 0) is 19.7 Å². The molecule has 0 unspecified atom stereocenters. The number of methoxy groups -OCH3 is 2. The van der Waals surface area contributed by atoms with Crippen molar-refractivity contribution in [3.63, 3.8) is 0 Å². The van der Waals surface area contributed by atoms with Crippen molar-refractivity contribution in [2.45, 2.75) is 92.8 Å². The Morgan fingerprint density at radius 1 is 0.929 bits per heavy atom. The van der Waals surface area contributed by atoms with Crippen LogP contribution in [0.25, 0.3) is 0 Å². The Hall–Kier alpha value is -1.46. The summed E-state index contributed by atoms with van der Waals surface area (Å²) < 4.78 is 24.0. The number of hydrogen-bond donors (Lipinski definition) is 1. The summed E-state index contributed by atoms with van der Waals surface area (Å²) in [6, 6.07) is 3.29. The van der Waals surface area contributed by atoms with Crippen molar-refractivity contribution < 1.29 is 18.7 Å². The summed E-state index contributed by atoms with van der Waals surface area (Å²) in [5.41, 5.74) is 0.836. The van der Waals surface area contributed by atoms with E-state index in [0.717, 1.165) is 11.1 Å². The molecule has 1 aromatic rings. The zero-order valence-electron chi connectivity index (χ0n) is 20.3. The Morgan fingerprint density at radius 3 is 1.68 bits per heavy atom. The van der Waals surface area contributed by atoms with Gasteiger partial charge in [-0.25, -0.2) is 4.39 Å². The highest BCUT2D eigenvalue weighted by atomic mass is 19.1. The van der Waals surface area contributed by atoms with E-state index in [1.165, 1.54) is 6.07 Å². The maximum absolute atomic E-state index is 13.5. The van der Waals surface area contributed by atoms with Gasteiger partial charge in [0, 0.05) is 14.2 Å². The van der Waals surface area contributed by atoms with Gasteiger partial charge in [0.05, 0.1) is 22.3 Å². The lowest BCUT2D eigenvalue weighted by molar-refractivity contribution is -0.147. The van der Waals surface area contributed by atoms with Crippen LogP contribution < -0.4 is 5.32 Å². The number of fused-ring (bicyclic) bond motifs is 1. The standard InChI is InChI=1S/C11H12FNO.C8H18O2.2C2H6/c1-6-4-7-9(8(12)5-6)13-10(14)11(7,2)3;1-7(2,9-5)8(3,4)10-6;2*1-2/h4-5H,1-3H3,(H,13,14);1-6H3;2*1-2H3. The fourth-order valence-electron chi connectivity index (χ4n) is 2.25. The smallest absolute Gasteiger partial charge is 0.234 e. The molecule has 1 amide bonds. The van der Waals surface area contributed by atoms with Gasteiger partial charge >= 0.3 is 0 Å². The molecule has 0 bridgehead atoms.